The molecule has 3 nitrogen and oxygen atoms in total. The standard InChI is InChI=1S/C18H19NO2/c1-12-8-9-21-18(12)17(19-2)15-5-4-14-11-16(20-3)7-6-13(14)10-15/h4-11,17,19H,1-3H3. The van der Waals surface area contributed by atoms with E-state index in [1.54, 1.807) is 13.4 Å². The Bertz CT molecular complexity index is 761. The maximum absolute atomic E-state index is 5.64. The van der Waals surface area contributed by atoms with E-state index >= 15 is 0 Å². The maximum atomic E-state index is 5.64. The lowest BCUT2D eigenvalue weighted by atomic mass is 9.98. The number of hydrogen-bond acceptors (Lipinski definition) is 3. The summed E-state index contributed by atoms with van der Waals surface area (Å²) in [7, 11) is 3.64. The summed E-state index contributed by atoms with van der Waals surface area (Å²) in [5.74, 6) is 1.84. The van der Waals surface area contributed by atoms with E-state index in [0.29, 0.717) is 0 Å². The predicted molar refractivity (Wildman–Crippen MR) is 84.8 cm³/mol. The highest BCUT2D eigenvalue weighted by atomic mass is 16.5. The fourth-order valence-electron chi connectivity index (χ4n) is 2.68. The Labute approximate surface area is 124 Å². The normalized spacial score (nSPS) is 12.5. The van der Waals surface area contributed by atoms with Gasteiger partial charge in [0.15, 0.2) is 0 Å². The van der Waals surface area contributed by atoms with E-state index in [1.807, 2.05) is 25.2 Å². The number of methoxy groups -OCH3 is 1. The summed E-state index contributed by atoms with van der Waals surface area (Å²) in [5.41, 5.74) is 2.34. The Balaban J connectivity index is 2.05. The number of benzene rings is 2. The molecule has 0 aliphatic rings. The van der Waals surface area contributed by atoms with Crippen LogP contribution in [0.3, 0.4) is 0 Å². The van der Waals surface area contributed by atoms with Gasteiger partial charge in [-0.15, -0.1) is 0 Å². The predicted octanol–water partition coefficient (Wildman–Crippen LogP) is 4.06. The average molecular weight is 281 g/mol. The van der Waals surface area contributed by atoms with Crippen LogP contribution in [0.1, 0.15) is 22.9 Å². The smallest absolute Gasteiger partial charge is 0.128 e. The SMILES string of the molecule is CNC(c1ccc2cc(OC)ccc2c1)c1occc1C. The van der Waals surface area contributed by atoms with Gasteiger partial charge in [0.1, 0.15) is 11.5 Å². The van der Waals surface area contributed by atoms with Crippen molar-refractivity contribution in [3.05, 3.63) is 65.6 Å². The molecule has 0 radical (unpaired) electrons. The second-order valence-electron chi connectivity index (χ2n) is 5.16. The lowest BCUT2D eigenvalue weighted by molar-refractivity contribution is 0.415. The molecule has 0 spiro atoms. The molecule has 1 N–H and O–H groups in total. The molecule has 0 saturated carbocycles. The van der Waals surface area contributed by atoms with Crippen molar-refractivity contribution in [2.75, 3.05) is 14.2 Å². The maximum Gasteiger partial charge on any atom is 0.128 e. The van der Waals surface area contributed by atoms with Gasteiger partial charge in [0, 0.05) is 0 Å². The number of furan rings is 1. The van der Waals surface area contributed by atoms with Crippen LogP contribution in [0.2, 0.25) is 0 Å². The van der Waals surface area contributed by atoms with Crippen LogP contribution in [0.15, 0.2) is 53.1 Å². The highest BCUT2D eigenvalue weighted by molar-refractivity contribution is 5.84. The van der Waals surface area contributed by atoms with Crippen LogP contribution in [-0.2, 0) is 0 Å². The second-order valence-corrected chi connectivity index (χ2v) is 5.16. The zero-order chi connectivity index (χ0) is 14.8. The van der Waals surface area contributed by atoms with Gasteiger partial charge < -0.3 is 14.5 Å². The van der Waals surface area contributed by atoms with E-state index in [4.69, 9.17) is 9.15 Å². The van der Waals surface area contributed by atoms with Crippen molar-refractivity contribution < 1.29 is 9.15 Å². The van der Waals surface area contributed by atoms with E-state index in [1.165, 1.54) is 16.3 Å². The van der Waals surface area contributed by atoms with Crippen LogP contribution in [0.5, 0.6) is 5.75 Å². The largest absolute Gasteiger partial charge is 0.497 e. The number of nitrogens with one attached hydrogen (secondary N) is 1. The molecule has 3 heteroatoms. The van der Waals surface area contributed by atoms with Gasteiger partial charge in [-0.3, -0.25) is 0 Å². The molecule has 0 amide bonds. The molecule has 1 heterocycles. The minimum absolute atomic E-state index is 0.0616. The first-order chi connectivity index (χ1) is 10.2. The lowest BCUT2D eigenvalue weighted by Gasteiger charge is -2.16. The summed E-state index contributed by atoms with van der Waals surface area (Å²) in [6, 6.07) is 14.6. The molecular weight excluding hydrogens is 262 g/mol. The quantitative estimate of drug-likeness (QED) is 0.783. The minimum atomic E-state index is 0.0616. The van der Waals surface area contributed by atoms with Gasteiger partial charge in [0.05, 0.1) is 19.4 Å². The Kier molecular flexibility index (Phi) is 3.67. The summed E-state index contributed by atoms with van der Waals surface area (Å²) in [4.78, 5) is 0. The zero-order valence-corrected chi connectivity index (χ0v) is 12.5. The molecule has 108 valence electrons. The first kappa shape index (κ1) is 13.7. The Morgan fingerprint density at radius 1 is 1.05 bits per heavy atom. The van der Waals surface area contributed by atoms with E-state index < -0.39 is 0 Å². The van der Waals surface area contributed by atoms with Gasteiger partial charge in [-0.2, -0.15) is 0 Å². The summed E-state index contributed by atoms with van der Waals surface area (Å²) in [5, 5.41) is 5.69. The molecule has 3 rings (SSSR count). The third kappa shape index (κ3) is 2.52. The first-order valence-corrected chi connectivity index (χ1v) is 7.02. The van der Waals surface area contributed by atoms with Crippen LogP contribution in [0.25, 0.3) is 10.8 Å². The number of ether oxygens (including phenoxy) is 1. The molecule has 0 fully saturated rings. The molecule has 1 unspecified atom stereocenters. The molecule has 0 saturated heterocycles. The summed E-state index contributed by atoms with van der Waals surface area (Å²) in [6.07, 6.45) is 1.74. The minimum Gasteiger partial charge on any atom is -0.497 e. The number of aryl methyl sites for hydroxylation is 1. The van der Waals surface area contributed by atoms with E-state index in [0.717, 1.165) is 17.1 Å². The van der Waals surface area contributed by atoms with E-state index in [9.17, 15) is 0 Å². The van der Waals surface area contributed by atoms with E-state index in [-0.39, 0.29) is 6.04 Å². The van der Waals surface area contributed by atoms with Crippen molar-refractivity contribution in [1.29, 1.82) is 0 Å². The van der Waals surface area contributed by atoms with Crippen molar-refractivity contribution in [1.82, 2.24) is 5.32 Å². The Hall–Kier alpha value is -2.26. The van der Waals surface area contributed by atoms with Crippen LogP contribution in [0, 0.1) is 6.92 Å². The molecule has 2 aromatic carbocycles. The molecular formula is C18H19NO2. The van der Waals surface area contributed by atoms with Crippen LogP contribution < -0.4 is 10.1 Å². The molecule has 0 aliphatic carbocycles. The van der Waals surface area contributed by atoms with Gasteiger partial charge in [-0.05, 0) is 60.1 Å². The van der Waals surface area contributed by atoms with Gasteiger partial charge in [-0.25, -0.2) is 0 Å². The van der Waals surface area contributed by atoms with Crippen LogP contribution in [-0.4, -0.2) is 14.2 Å². The van der Waals surface area contributed by atoms with E-state index in [2.05, 4.69) is 36.5 Å². The topological polar surface area (TPSA) is 34.4 Å². The fraction of sp³-hybridized carbons (Fsp3) is 0.222. The highest BCUT2D eigenvalue weighted by Crippen LogP contribution is 2.29. The second kappa shape index (κ2) is 5.62. The Morgan fingerprint density at radius 2 is 1.81 bits per heavy atom. The van der Waals surface area contributed by atoms with Gasteiger partial charge in [0.2, 0.25) is 0 Å². The van der Waals surface area contributed by atoms with Crippen molar-refractivity contribution in [2.24, 2.45) is 0 Å². The van der Waals surface area contributed by atoms with Crippen LogP contribution in [0.4, 0.5) is 0 Å². The highest BCUT2D eigenvalue weighted by Gasteiger charge is 2.17. The number of hydrogen-bond donors (Lipinski definition) is 1. The fourth-order valence-corrected chi connectivity index (χ4v) is 2.68. The summed E-state index contributed by atoms with van der Waals surface area (Å²) < 4.78 is 10.9. The molecule has 21 heavy (non-hydrogen) atoms. The third-order valence-electron chi connectivity index (χ3n) is 3.86. The molecule has 3 aromatic rings. The first-order valence-electron chi connectivity index (χ1n) is 7.02. The van der Waals surface area contributed by atoms with Crippen molar-refractivity contribution >= 4 is 10.8 Å². The van der Waals surface area contributed by atoms with Crippen LogP contribution >= 0.6 is 0 Å². The van der Waals surface area contributed by atoms with Gasteiger partial charge in [0.25, 0.3) is 0 Å². The van der Waals surface area contributed by atoms with Crippen molar-refractivity contribution in [3.8, 4) is 5.75 Å². The molecule has 0 aliphatic heterocycles. The summed E-state index contributed by atoms with van der Waals surface area (Å²) >= 11 is 0. The molecule has 1 aromatic heterocycles. The molecule has 0 bridgehead atoms. The zero-order valence-electron chi connectivity index (χ0n) is 12.5. The molecule has 1 atom stereocenters. The number of fused-ring (bicyclic) bond motifs is 1. The summed E-state index contributed by atoms with van der Waals surface area (Å²) in [6.45, 7) is 2.06. The van der Waals surface area contributed by atoms with Crippen molar-refractivity contribution in [3.63, 3.8) is 0 Å². The van der Waals surface area contributed by atoms with Gasteiger partial charge in [-0.1, -0.05) is 18.2 Å². The van der Waals surface area contributed by atoms with Gasteiger partial charge >= 0.3 is 0 Å². The monoisotopic (exact) mass is 281 g/mol. The number of rotatable bonds is 4. The van der Waals surface area contributed by atoms with Crippen molar-refractivity contribution in [2.45, 2.75) is 13.0 Å². The third-order valence-corrected chi connectivity index (χ3v) is 3.86. The Morgan fingerprint density at radius 3 is 2.48 bits per heavy atom. The lowest BCUT2D eigenvalue weighted by Crippen LogP contribution is -2.17. The average Bonchev–Trinajstić information content (AvgIpc) is 2.93.